The number of rotatable bonds is 3. The van der Waals surface area contributed by atoms with Gasteiger partial charge in [0.05, 0.1) is 16.2 Å². The first-order chi connectivity index (χ1) is 11.8. The van der Waals surface area contributed by atoms with Crippen molar-refractivity contribution in [1.29, 1.82) is 0 Å². The van der Waals surface area contributed by atoms with Crippen LogP contribution in [0.15, 0.2) is 52.5 Å². The van der Waals surface area contributed by atoms with Gasteiger partial charge in [-0.2, -0.15) is 23.3 Å². The van der Waals surface area contributed by atoms with E-state index in [1.807, 2.05) is 0 Å². The van der Waals surface area contributed by atoms with Gasteiger partial charge in [0.25, 0.3) is 11.6 Å². The van der Waals surface area contributed by atoms with Gasteiger partial charge in [-0.1, -0.05) is 6.07 Å². The molecule has 3 rings (SSSR count). The minimum absolute atomic E-state index is 0.00642. The number of carbonyl (C=O) groups is 1. The molecule has 1 aromatic heterocycles. The number of halogens is 3. The summed E-state index contributed by atoms with van der Waals surface area (Å²) in [6.07, 6.45) is -3.68. The van der Waals surface area contributed by atoms with Gasteiger partial charge in [0.15, 0.2) is 5.71 Å². The van der Waals surface area contributed by atoms with E-state index in [0.717, 1.165) is 18.2 Å². The summed E-state index contributed by atoms with van der Waals surface area (Å²) in [5.41, 5.74) is -2.12. The highest BCUT2D eigenvalue weighted by atomic mass is 32.1. The fourth-order valence-corrected chi connectivity index (χ4v) is 2.82. The van der Waals surface area contributed by atoms with Crippen LogP contribution in [0.4, 0.5) is 24.5 Å². The van der Waals surface area contributed by atoms with E-state index >= 15 is 0 Å². The Balaban J connectivity index is 2.03. The molecule has 10 heteroatoms. The summed E-state index contributed by atoms with van der Waals surface area (Å²) >= 11 is 1.18. The SMILES string of the molecule is O=C1/C(=C/c2cccs2)C(C(F)(F)F)=NN1c1ccc([N+](=O)[O-])cc1. The van der Waals surface area contributed by atoms with Crippen LogP contribution in [0.1, 0.15) is 4.88 Å². The highest BCUT2D eigenvalue weighted by Crippen LogP contribution is 2.33. The van der Waals surface area contributed by atoms with E-state index < -0.39 is 28.3 Å². The predicted molar refractivity (Wildman–Crippen MR) is 86.4 cm³/mol. The molecule has 0 N–H and O–H groups in total. The zero-order valence-corrected chi connectivity index (χ0v) is 13.0. The van der Waals surface area contributed by atoms with Crippen molar-refractivity contribution < 1.29 is 22.9 Å². The van der Waals surface area contributed by atoms with Gasteiger partial charge in [-0.25, -0.2) is 0 Å². The van der Waals surface area contributed by atoms with Crippen LogP contribution in [-0.4, -0.2) is 22.7 Å². The second-order valence-corrected chi connectivity index (χ2v) is 5.89. The summed E-state index contributed by atoms with van der Waals surface area (Å²) in [5.74, 6) is -0.949. The lowest BCUT2D eigenvalue weighted by atomic mass is 10.1. The van der Waals surface area contributed by atoms with Gasteiger partial charge < -0.3 is 0 Å². The van der Waals surface area contributed by atoms with Crippen molar-refractivity contribution in [3.8, 4) is 0 Å². The predicted octanol–water partition coefficient (Wildman–Crippen LogP) is 4.00. The van der Waals surface area contributed by atoms with E-state index in [1.54, 1.807) is 17.5 Å². The second-order valence-electron chi connectivity index (χ2n) is 4.91. The normalized spacial score (nSPS) is 16.4. The summed E-state index contributed by atoms with van der Waals surface area (Å²) in [4.78, 5) is 22.9. The highest BCUT2D eigenvalue weighted by Gasteiger charge is 2.46. The Morgan fingerprint density at radius 1 is 1.20 bits per heavy atom. The monoisotopic (exact) mass is 367 g/mol. The number of nitrogens with zero attached hydrogens (tertiary/aromatic N) is 3. The molecule has 0 bridgehead atoms. The van der Waals surface area contributed by atoms with Gasteiger partial charge in [-0.05, 0) is 29.7 Å². The Bertz CT molecular complexity index is 887. The van der Waals surface area contributed by atoms with Crippen LogP contribution in [0.2, 0.25) is 0 Å². The summed E-state index contributed by atoms with van der Waals surface area (Å²) < 4.78 is 39.7. The van der Waals surface area contributed by atoms with E-state index in [-0.39, 0.29) is 11.4 Å². The molecule has 0 unspecified atom stereocenters. The van der Waals surface area contributed by atoms with Gasteiger partial charge in [0.2, 0.25) is 0 Å². The fraction of sp³-hybridized carbons (Fsp3) is 0.0667. The molecule has 2 heterocycles. The number of non-ortho nitro benzene ring substituents is 1. The molecule has 0 fully saturated rings. The van der Waals surface area contributed by atoms with Gasteiger partial charge in [-0.3, -0.25) is 14.9 Å². The summed E-state index contributed by atoms with van der Waals surface area (Å²) in [7, 11) is 0. The van der Waals surface area contributed by atoms with Gasteiger partial charge in [-0.15, -0.1) is 11.3 Å². The third-order valence-electron chi connectivity index (χ3n) is 3.28. The smallest absolute Gasteiger partial charge is 0.267 e. The Labute approximate surface area is 142 Å². The zero-order valence-electron chi connectivity index (χ0n) is 12.2. The van der Waals surface area contributed by atoms with Crippen LogP contribution in [-0.2, 0) is 4.79 Å². The molecule has 1 aromatic carbocycles. The number of hydrazone groups is 1. The van der Waals surface area contributed by atoms with Crippen LogP contribution >= 0.6 is 11.3 Å². The number of carbonyl (C=O) groups excluding carboxylic acids is 1. The standard InChI is InChI=1S/C15H8F3N3O3S/c16-15(17,18)13-12(8-11-2-1-7-25-11)14(22)20(19-13)9-3-5-10(6-4-9)21(23)24/h1-8H/b12-8+. The molecule has 0 atom stereocenters. The number of benzene rings is 1. The molecule has 2 aromatic rings. The van der Waals surface area contributed by atoms with Crippen molar-refractivity contribution in [2.75, 3.05) is 5.01 Å². The molecular formula is C15H8F3N3O3S. The van der Waals surface area contributed by atoms with E-state index in [0.29, 0.717) is 9.89 Å². The van der Waals surface area contributed by atoms with Crippen molar-refractivity contribution in [2.24, 2.45) is 5.10 Å². The molecule has 1 amide bonds. The van der Waals surface area contributed by atoms with E-state index in [2.05, 4.69) is 5.10 Å². The fourth-order valence-electron chi connectivity index (χ4n) is 2.16. The number of thiophene rings is 1. The molecule has 1 aliphatic heterocycles. The van der Waals surface area contributed by atoms with Gasteiger partial charge in [0, 0.05) is 17.0 Å². The number of amides is 1. The Morgan fingerprint density at radius 3 is 2.40 bits per heavy atom. The maximum atomic E-state index is 13.2. The molecule has 128 valence electrons. The van der Waals surface area contributed by atoms with Crippen LogP contribution in [0.5, 0.6) is 0 Å². The number of hydrogen-bond acceptors (Lipinski definition) is 5. The first kappa shape index (κ1) is 16.8. The Kier molecular flexibility index (Phi) is 4.13. The Morgan fingerprint density at radius 2 is 1.88 bits per heavy atom. The van der Waals surface area contributed by atoms with Crippen LogP contribution in [0.25, 0.3) is 6.08 Å². The second kappa shape index (κ2) is 6.13. The average Bonchev–Trinajstić information content (AvgIpc) is 3.16. The molecule has 0 radical (unpaired) electrons. The number of anilines is 1. The van der Waals surface area contributed by atoms with E-state index in [9.17, 15) is 28.1 Å². The van der Waals surface area contributed by atoms with Crippen molar-refractivity contribution in [3.05, 3.63) is 62.3 Å². The van der Waals surface area contributed by atoms with E-state index in [1.165, 1.54) is 23.5 Å². The largest absolute Gasteiger partial charge is 0.435 e. The quantitative estimate of drug-likeness (QED) is 0.467. The lowest BCUT2D eigenvalue weighted by Crippen LogP contribution is -2.25. The summed E-state index contributed by atoms with van der Waals surface area (Å²) in [6.45, 7) is 0. The van der Waals surface area contributed by atoms with Crippen LogP contribution < -0.4 is 5.01 Å². The van der Waals surface area contributed by atoms with Crippen molar-refractivity contribution >= 4 is 40.4 Å². The molecule has 0 spiro atoms. The third kappa shape index (κ3) is 3.29. The molecule has 0 saturated carbocycles. The van der Waals surface area contributed by atoms with Crippen LogP contribution in [0.3, 0.4) is 0 Å². The maximum absolute atomic E-state index is 13.2. The van der Waals surface area contributed by atoms with Gasteiger partial charge >= 0.3 is 6.18 Å². The minimum atomic E-state index is -4.81. The van der Waals surface area contributed by atoms with Gasteiger partial charge in [0.1, 0.15) is 0 Å². The number of alkyl halides is 3. The molecular weight excluding hydrogens is 359 g/mol. The number of nitro benzene ring substituents is 1. The molecule has 1 aliphatic rings. The first-order valence-corrected chi connectivity index (χ1v) is 7.65. The summed E-state index contributed by atoms with van der Waals surface area (Å²) in [5, 5.41) is 16.3. The van der Waals surface area contributed by atoms with Crippen molar-refractivity contribution in [2.45, 2.75) is 6.18 Å². The van der Waals surface area contributed by atoms with Crippen molar-refractivity contribution in [3.63, 3.8) is 0 Å². The summed E-state index contributed by atoms with van der Waals surface area (Å²) in [6, 6.07) is 7.74. The molecule has 6 nitrogen and oxygen atoms in total. The topological polar surface area (TPSA) is 75.8 Å². The van der Waals surface area contributed by atoms with E-state index in [4.69, 9.17) is 0 Å². The zero-order chi connectivity index (χ0) is 18.2. The number of nitro groups is 1. The lowest BCUT2D eigenvalue weighted by Gasteiger charge is -2.10. The van der Waals surface area contributed by atoms with Crippen molar-refractivity contribution in [1.82, 2.24) is 0 Å². The first-order valence-electron chi connectivity index (χ1n) is 6.77. The molecule has 0 saturated heterocycles. The average molecular weight is 367 g/mol. The minimum Gasteiger partial charge on any atom is -0.267 e. The maximum Gasteiger partial charge on any atom is 0.435 e. The third-order valence-corrected chi connectivity index (χ3v) is 4.10. The van der Waals surface area contributed by atoms with Crippen LogP contribution in [0, 0.1) is 10.1 Å². The Hall–Kier alpha value is -3.01. The molecule has 0 aliphatic carbocycles. The highest BCUT2D eigenvalue weighted by molar-refractivity contribution is 7.10. The lowest BCUT2D eigenvalue weighted by molar-refractivity contribution is -0.384. The number of hydrogen-bond donors (Lipinski definition) is 0. The molecule has 25 heavy (non-hydrogen) atoms.